The molecule has 3 nitrogen and oxygen atoms in total. The molecule has 1 N–H and O–H groups in total. The van der Waals surface area contributed by atoms with Crippen molar-refractivity contribution < 1.29 is 13.9 Å². The van der Waals surface area contributed by atoms with Gasteiger partial charge in [-0.3, -0.25) is 0 Å². The SMILES string of the molecule is COc1cc(CC2CCCCN2)c(C(C)(C)F)cc1OC. The van der Waals surface area contributed by atoms with Gasteiger partial charge in [0.2, 0.25) is 0 Å². The van der Waals surface area contributed by atoms with Crippen LogP contribution in [0.25, 0.3) is 0 Å². The van der Waals surface area contributed by atoms with Crippen LogP contribution in [0.15, 0.2) is 12.1 Å². The molecule has 2 rings (SSSR count). The Bertz CT molecular complexity index is 476. The van der Waals surface area contributed by atoms with Gasteiger partial charge in [0.1, 0.15) is 5.67 Å². The van der Waals surface area contributed by atoms with E-state index < -0.39 is 5.67 Å². The van der Waals surface area contributed by atoms with Crippen molar-refractivity contribution in [3.05, 3.63) is 23.3 Å². The van der Waals surface area contributed by atoms with Crippen molar-refractivity contribution in [2.45, 2.75) is 51.2 Å². The van der Waals surface area contributed by atoms with Gasteiger partial charge < -0.3 is 14.8 Å². The summed E-state index contributed by atoms with van der Waals surface area (Å²) in [6, 6.07) is 4.11. The van der Waals surface area contributed by atoms with Crippen molar-refractivity contribution in [1.29, 1.82) is 0 Å². The summed E-state index contributed by atoms with van der Waals surface area (Å²) in [6.07, 6.45) is 4.42. The van der Waals surface area contributed by atoms with Crippen LogP contribution in [0.4, 0.5) is 4.39 Å². The second kappa shape index (κ2) is 6.65. The summed E-state index contributed by atoms with van der Waals surface area (Å²) in [6.45, 7) is 4.23. The van der Waals surface area contributed by atoms with Gasteiger partial charge in [0.25, 0.3) is 0 Å². The lowest BCUT2D eigenvalue weighted by Crippen LogP contribution is -2.36. The average Bonchev–Trinajstić information content (AvgIpc) is 2.46. The minimum atomic E-state index is -1.40. The monoisotopic (exact) mass is 295 g/mol. The molecule has 0 bridgehead atoms. The van der Waals surface area contributed by atoms with Crippen molar-refractivity contribution in [3.8, 4) is 11.5 Å². The molecule has 1 heterocycles. The summed E-state index contributed by atoms with van der Waals surface area (Å²) in [4.78, 5) is 0. The van der Waals surface area contributed by atoms with E-state index in [0.717, 1.165) is 24.9 Å². The molecule has 1 aliphatic heterocycles. The number of halogens is 1. The Hall–Kier alpha value is -1.29. The highest BCUT2D eigenvalue weighted by atomic mass is 19.1. The molecule has 1 aromatic rings. The smallest absolute Gasteiger partial charge is 0.161 e. The largest absolute Gasteiger partial charge is 0.493 e. The van der Waals surface area contributed by atoms with Crippen LogP contribution in [0.3, 0.4) is 0 Å². The Morgan fingerprint density at radius 2 is 1.86 bits per heavy atom. The van der Waals surface area contributed by atoms with Gasteiger partial charge in [-0.2, -0.15) is 0 Å². The number of piperidine rings is 1. The van der Waals surface area contributed by atoms with Crippen molar-refractivity contribution >= 4 is 0 Å². The first kappa shape index (κ1) is 16.1. The summed E-state index contributed by atoms with van der Waals surface area (Å²) < 4.78 is 25.2. The summed E-state index contributed by atoms with van der Waals surface area (Å²) in [5, 5.41) is 3.52. The van der Waals surface area contributed by atoms with E-state index in [9.17, 15) is 4.39 Å². The lowest BCUT2D eigenvalue weighted by Gasteiger charge is -2.27. The molecule has 1 unspecified atom stereocenters. The molecule has 1 atom stereocenters. The van der Waals surface area contributed by atoms with Crippen LogP contribution >= 0.6 is 0 Å². The molecule has 118 valence electrons. The van der Waals surface area contributed by atoms with Crippen LogP contribution in [0, 0.1) is 0 Å². The molecule has 21 heavy (non-hydrogen) atoms. The number of methoxy groups -OCH3 is 2. The number of alkyl halides is 1. The van der Waals surface area contributed by atoms with E-state index in [4.69, 9.17) is 9.47 Å². The first-order chi connectivity index (χ1) is 9.95. The first-order valence-corrected chi connectivity index (χ1v) is 7.63. The summed E-state index contributed by atoms with van der Waals surface area (Å²) in [5.74, 6) is 1.25. The zero-order chi connectivity index (χ0) is 15.5. The highest BCUT2D eigenvalue weighted by molar-refractivity contribution is 5.49. The molecule has 4 heteroatoms. The molecular weight excluding hydrogens is 269 g/mol. The van der Waals surface area contributed by atoms with E-state index in [-0.39, 0.29) is 0 Å². The van der Waals surface area contributed by atoms with Crippen molar-refractivity contribution in [2.75, 3.05) is 20.8 Å². The van der Waals surface area contributed by atoms with Crippen LogP contribution in [-0.2, 0) is 12.1 Å². The topological polar surface area (TPSA) is 30.5 Å². The maximum Gasteiger partial charge on any atom is 0.161 e. The zero-order valence-corrected chi connectivity index (χ0v) is 13.5. The molecule has 1 fully saturated rings. The average molecular weight is 295 g/mol. The summed E-state index contributed by atoms with van der Waals surface area (Å²) in [7, 11) is 3.19. The number of benzene rings is 1. The van der Waals surface area contributed by atoms with Gasteiger partial charge in [-0.15, -0.1) is 0 Å². The maximum atomic E-state index is 14.6. The number of hydrogen-bond acceptors (Lipinski definition) is 3. The van der Waals surface area contributed by atoms with E-state index in [0.29, 0.717) is 23.1 Å². The summed E-state index contributed by atoms with van der Waals surface area (Å²) >= 11 is 0. The highest BCUT2D eigenvalue weighted by Crippen LogP contribution is 2.37. The Balaban J connectivity index is 2.36. The van der Waals surface area contributed by atoms with Crippen molar-refractivity contribution in [2.24, 2.45) is 0 Å². The molecule has 0 saturated carbocycles. The van der Waals surface area contributed by atoms with Crippen LogP contribution in [0.2, 0.25) is 0 Å². The first-order valence-electron chi connectivity index (χ1n) is 7.63. The van der Waals surface area contributed by atoms with Gasteiger partial charge in [0.15, 0.2) is 11.5 Å². The van der Waals surface area contributed by atoms with Gasteiger partial charge in [-0.25, -0.2) is 4.39 Å². The molecule has 1 aromatic carbocycles. The molecule has 0 amide bonds. The molecule has 0 radical (unpaired) electrons. The van der Waals surface area contributed by atoms with E-state index in [1.807, 2.05) is 6.07 Å². The fourth-order valence-corrected chi connectivity index (χ4v) is 3.01. The fourth-order valence-electron chi connectivity index (χ4n) is 3.01. The third-order valence-corrected chi connectivity index (χ3v) is 4.13. The molecule has 1 aliphatic rings. The van der Waals surface area contributed by atoms with Crippen LogP contribution < -0.4 is 14.8 Å². The highest BCUT2D eigenvalue weighted by Gasteiger charge is 2.26. The number of nitrogens with one attached hydrogen (secondary N) is 1. The van der Waals surface area contributed by atoms with Crippen LogP contribution in [0.5, 0.6) is 11.5 Å². The lowest BCUT2D eigenvalue weighted by atomic mass is 9.88. The Kier molecular flexibility index (Phi) is 5.09. The molecule has 0 aromatic heterocycles. The van der Waals surface area contributed by atoms with E-state index in [1.165, 1.54) is 12.8 Å². The molecule has 1 saturated heterocycles. The molecule has 0 aliphatic carbocycles. The van der Waals surface area contributed by atoms with Gasteiger partial charge in [0.05, 0.1) is 14.2 Å². The second-order valence-corrected chi connectivity index (χ2v) is 6.19. The standard InChI is InChI=1S/C17H26FNO2/c1-17(2,18)14-11-16(21-4)15(20-3)10-12(14)9-13-7-5-6-8-19-13/h10-11,13,19H,5-9H2,1-4H3. The minimum absolute atomic E-state index is 0.415. The van der Waals surface area contributed by atoms with Crippen molar-refractivity contribution in [1.82, 2.24) is 5.32 Å². The number of ether oxygens (including phenoxy) is 2. The Labute approximate surface area is 126 Å². The Morgan fingerprint density at radius 1 is 1.19 bits per heavy atom. The van der Waals surface area contributed by atoms with Gasteiger partial charge in [-0.05, 0) is 62.9 Å². The third-order valence-electron chi connectivity index (χ3n) is 4.13. The number of hydrogen-bond donors (Lipinski definition) is 1. The maximum absolute atomic E-state index is 14.6. The second-order valence-electron chi connectivity index (χ2n) is 6.19. The van der Waals surface area contributed by atoms with Crippen molar-refractivity contribution in [3.63, 3.8) is 0 Å². The molecular formula is C17H26FNO2. The van der Waals surface area contributed by atoms with Crippen LogP contribution in [0.1, 0.15) is 44.2 Å². The van der Waals surface area contributed by atoms with E-state index in [1.54, 1.807) is 34.1 Å². The third kappa shape index (κ3) is 3.88. The minimum Gasteiger partial charge on any atom is -0.493 e. The summed E-state index contributed by atoms with van der Waals surface area (Å²) in [5.41, 5.74) is 0.288. The van der Waals surface area contributed by atoms with Gasteiger partial charge in [0, 0.05) is 6.04 Å². The normalized spacial score (nSPS) is 19.4. The zero-order valence-electron chi connectivity index (χ0n) is 13.5. The fraction of sp³-hybridized carbons (Fsp3) is 0.647. The predicted octanol–water partition coefficient (Wildman–Crippen LogP) is 3.59. The number of rotatable bonds is 5. The quantitative estimate of drug-likeness (QED) is 0.900. The van der Waals surface area contributed by atoms with Gasteiger partial charge in [-0.1, -0.05) is 6.42 Å². The predicted molar refractivity (Wildman–Crippen MR) is 83.0 cm³/mol. The lowest BCUT2D eigenvalue weighted by molar-refractivity contribution is 0.217. The van der Waals surface area contributed by atoms with E-state index >= 15 is 0 Å². The molecule has 0 spiro atoms. The van der Waals surface area contributed by atoms with Gasteiger partial charge >= 0.3 is 0 Å². The Morgan fingerprint density at radius 3 is 2.38 bits per heavy atom. The van der Waals surface area contributed by atoms with E-state index in [2.05, 4.69) is 5.32 Å². The van der Waals surface area contributed by atoms with Crippen LogP contribution in [-0.4, -0.2) is 26.8 Å².